The third-order valence-electron chi connectivity index (χ3n) is 2.25. The molecule has 0 saturated carbocycles. The Kier molecular flexibility index (Phi) is 3.70. The zero-order chi connectivity index (χ0) is 11.5. The molecule has 0 saturated heterocycles. The van der Waals surface area contributed by atoms with Crippen LogP contribution < -0.4 is 0 Å². The minimum atomic E-state index is -0.0644. The van der Waals surface area contributed by atoms with Gasteiger partial charge in [0.05, 0.1) is 0 Å². The van der Waals surface area contributed by atoms with Crippen LogP contribution in [0.3, 0.4) is 0 Å². The van der Waals surface area contributed by atoms with Crippen LogP contribution in [-0.2, 0) is 5.41 Å². The molecular weight excluding hydrogens is 208 g/mol. The van der Waals surface area contributed by atoms with Crippen molar-refractivity contribution in [1.82, 2.24) is 0 Å². The Morgan fingerprint density at radius 1 is 1.20 bits per heavy atom. The van der Waals surface area contributed by atoms with Gasteiger partial charge in [-0.2, -0.15) is 0 Å². The zero-order valence-corrected chi connectivity index (χ0v) is 10.0. The number of carbonyl (C=O) groups excluding carboxylic acids is 1. The molecule has 1 nitrogen and oxygen atoms in total. The topological polar surface area (TPSA) is 17.1 Å². The lowest BCUT2D eigenvalue weighted by molar-refractivity contribution is 0.104. The van der Waals surface area contributed by atoms with Crippen molar-refractivity contribution in [2.45, 2.75) is 26.2 Å². The predicted octanol–water partition coefficient (Wildman–Crippen LogP) is 3.92. The van der Waals surface area contributed by atoms with E-state index < -0.39 is 0 Å². The highest BCUT2D eigenvalue weighted by molar-refractivity contribution is 6.27. The van der Waals surface area contributed by atoms with Crippen molar-refractivity contribution in [2.24, 2.45) is 0 Å². The van der Waals surface area contributed by atoms with E-state index in [4.69, 9.17) is 11.6 Å². The third kappa shape index (κ3) is 3.21. The molecule has 0 N–H and O–H groups in total. The van der Waals surface area contributed by atoms with Crippen molar-refractivity contribution in [1.29, 1.82) is 0 Å². The number of carbonyl (C=O) groups is 1. The Morgan fingerprint density at radius 3 is 2.13 bits per heavy atom. The van der Waals surface area contributed by atoms with Gasteiger partial charge < -0.3 is 0 Å². The van der Waals surface area contributed by atoms with E-state index in [2.05, 4.69) is 20.8 Å². The molecule has 0 aliphatic carbocycles. The number of hydrogen-bond acceptors (Lipinski definition) is 1. The minimum Gasteiger partial charge on any atom is -0.289 e. The predicted molar refractivity (Wildman–Crippen MR) is 64.5 cm³/mol. The smallest absolute Gasteiger partial charge is 0.186 e. The fourth-order valence-corrected chi connectivity index (χ4v) is 1.40. The van der Waals surface area contributed by atoms with E-state index in [1.807, 2.05) is 24.3 Å². The summed E-state index contributed by atoms with van der Waals surface area (Å²) in [5.41, 5.74) is 3.23. The van der Waals surface area contributed by atoms with Crippen LogP contribution in [0.15, 0.2) is 35.9 Å². The first-order chi connectivity index (χ1) is 6.95. The van der Waals surface area contributed by atoms with Gasteiger partial charge in [-0.25, -0.2) is 0 Å². The molecule has 0 atom stereocenters. The Labute approximate surface area is 95.8 Å². The van der Waals surface area contributed by atoms with Gasteiger partial charge in [0.1, 0.15) is 0 Å². The molecule has 0 aliphatic heterocycles. The van der Waals surface area contributed by atoms with Crippen LogP contribution >= 0.6 is 11.6 Å². The highest BCUT2D eigenvalue weighted by Gasteiger charge is 2.13. The summed E-state index contributed by atoms with van der Waals surface area (Å²) in [5.74, 6) is -0.0644. The zero-order valence-electron chi connectivity index (χ0n) is 9.25. The normalized spacial score (nSPS) is 12.0. The molecule has 0 fully saturated rings. The molecule has 0 aromatic heterocycles. The van der Waals surface area contributed by atoms with Crippen LogP contribution in [0.5, 0.6) is 0 Å². The van der Waals surface area contributed by atoms with Crippen LogP contribution in [0.4, 0.5) is 0 Å². The van der Waals surface area contributed by atoms with Gasteiger partial charge in [0.25, 0.3) is 0 Å². The lowest BCUT2D eigenvalue weighted by atomic mass is 9.86. The van der Waals surface area contributed by atoms with Gasteiger partial charge in [-0.05, 0) is 17.1 Å². The molecule has 0 bridgehead atoms. The van der Waals surface area contributed by atoms with Crippen molar-refractivity contribution >= 4 is 17.4 Å². The highest BCUT2D eigenvalue weighted by Crippen LogP contribution is 2.22. The van der Waals surface area contributed by atoms with Crippen LogP contribution in [0, 0.1) is 0 Å². The first-order valence-electron chi connectivity index (χ1n) is 4.87. The van der Waals surface area contributed by atoms with Crippen LogP contribution in [-0.4, -0.2) is 5.78 Å². The second-order valence-electron chi connectivity index (χ2n) is 4.48. The average Bonchev–Trinajstić information content (AvgIpc) is 2.17. The molecule has 15 heavy (non-hydrogen) atoms. The van der Waals surface area contributed by atoms with Gasteiger partial charge in [0.15, 0.2) is 5.78 Å². The third-order valence-corrected chi connectivity index (χ3v) is 2.38. The van der Waals surface area contributed by atoms with Gasteiger partial charge in [0.2, 0.25) is 0 Å². The molecule has 0 radical (unpaired) electrons. The SMILES string of the molecule is CC(C)(C)c1ccc(C(=O)/C=C/Cl)cc1. The van der Waals surface area contributed by atoms with Crippen molar-refractivity contribution in [2.75, 3.05) is 0 Å². The molecule has 0 unspecified atom stereocenters. The van der Waals surface area contributed by atoms with Gasteiger partial charge in [-0.1, -0.05) is 56.6 Å². The largest absolute Gasteiger partial charge is 0.289 e. The molecule has 0 heterocycles. The Balaban J connectivity index is 2.95. The van der Waals surface area contributed by atoms with E-state index in [1.165, 1.54) is 17.2 Å². The molecular formula is C13H15ClO. The van der Waals surface area contributed by atoms with E-state index >= 15 is 0 Å². The number of ketones is 1. The van der Waals surface area contributed by atoms with Crippen LogP contribution in [0.2, 0.25) is 0 Å². The first-order valence-corrected chi connectivity index (χ1v) is 5.30. The summed E-state index contributed by atoms with van der Waals surface area (Å²) < 4.78 is 0. The van der Waals surface area contributed by atoms with Gasteiger partial charge in [0, 0.05) is 11.1 Å². The van der Waals surface area contributed by atoms with Crippen LogP contribution in [0.25, 0.3) is 0 Å². The van der Waals surface area contributed by atoms with E-state index in [-0.39, 0.29) is 11.2 Å². The average molecular weight is 223 g/mol. The molecule has 1 aromatic carbocycles. The second-order valence-corrected chi connectivity index (χ2v) is 4.74. The summed E-state index contributed by atoms with van der Waals surface area (Å²) in [4.78, 5) is 11.4. The number of allylic oxidation sites excluding steroid dienone is 1. The monoisotopic (exact) mass is 222 g/mol. The molecule has 0 amide bonds. The lowest BCUT2D eigenvalue weighted by Crippen LogP contribution is -2.11. The Bertz CT molecular complexity index is 369. The van der Waals surface area contributed by atoms with E-state index in [0.29, 0.717) is 5.56 Å². The van der Waals surface area contributed by atoms with Crippen molar-refractivity contribution in [3.63, 3.8) is 0 Å². The molecule has 1 rings (SSSR count). The lowest BCUT2D eigenvalue weighted by Gasteiger charge is -2.18. The van der Waals surface area contributed by atoms with E-state index in [9.17, 15) is 4.79 Å². The van der Waals surface area contributed by atoms with Crippen molar-refractivity contribution < 1.29 is 4.79 Å². The molecule has 1 aromatic rings. The summed E-state index contributed by atoms with van der Waals surface area (Å²) in [5, 5.41) is 0. The van der Waals surface area contributed by atoms with Gasteiger partial charge >= 0.3 is 0 Å². The summed E-state index contributed by atoms with van der Waals surface area (Å²) >= 11 is 5.35. The standard InChI is InChI=1S/C13H15ClO/c1-13(2,3)11-6-4-10(5-7-11)12(15)8-9-14/h4-9H,1-3H3/b9-8+. The van der Waals surface area contributed by atoms with Crippen molar-refractivity contribution in [3.8, 4) is 0 Å². The Morgan fingerprint density at radius 2 is 1.73 bits per heavy atom. The number of halogens is 1. The number of rotatable bonds is 2. The summed E-state index contributed by atoms with van der Waals surface area (Å²) in [6.45, 7) is 6.42. The summed E-state index contributed by atoms with van der Waals surface area (Å²) in [6, 6.07) is 7.63. The van der Waals surface area contributed by atoms with E-state index in [0.717, 1.165) is 0 Å². The minimum absolute atomic E-state index is 0.0644. The van der Waals surface area contributed by atoms with Crippen LogP contribution in [0.1, 0.15) is 36.7 Å². The number of hydrogen-bond donors (Lipinski definition) is 0. The maximum absolute atomic E-state index is 11.4. The summed E-state index contributed by atoms with van der Waals surface area (Å²) in [6.07, 6.45) is 1.35. The molecule has 80 valence electrons. The maximum Gasteiger partial charge on any atom is 0.186 e. The first kappa shape index (κ1) is 12.0. The van der Waals surface area contributed by atoms with Gasteiger partial charge in [-0.15, -0.1) is 0 Å². The molecule has 2 heteroatoms. The molecule has 0 aliphatic rings. The van der Waals surface area contributed by atoms with Gasteiger partial charge in [-0.3, -0.25) is 4.79 Å². The molecule has 0 spiro atoms. The fraction of sp³-hybridized carbons (Fsp3) is 0.308. The van der Waals surface area contributed by atoms with Crippen molar-refractivity contribution in [3.05, 3.63) is 47.0 Å². The Hall–Kier alpha value is -1.08. The fourth-order valence-electron chi connectivity index (χ4n) is 1.29. The maximum atomic E-state index is 11.4. The van der Waals surface area contributed by atoms with E-state index in [1.54, 1.807) is 0 Å². The highest BCUT2D eigenvalue weighted by atomic mass is 35.5. The number of benzene rings is 1. The quantitative estimate of drug-likeness (QED) is 0.548. The second kappa shape index (κ2) is 4.63. The summed E-state index contributed by atoms with van der Waals surface area (Å²) in [7, 11) is 0.